The molecule has 2 rings (SSSR count). The highest BCUT2D eigenvalue weighted by atomic mass is 16.3. The minimum atomic E-state index is -0.783. The molecule has 1 heterocycles. The first-order chi connectivity index (χ1) is 8.22. The van der Waals surface area contributed by atoms with E-state index in [0.29, 0.717) is 6.54 Å². The van der Waals surface area contributed by atoms with Gasteiger partial charge in [0.1, 0.15) is 0 Å². The van der Waals surface area contributed by atoms with Crippen LogP contribution in [0, 0.1) is 11.8 Å². The van der Waals surface area contributed by atoms with E-state index in [-0.39, 0.29) is 18.6 Å². The van der Waals surface area contributed by atoms with Crippen molar-refractivity contribution in [3.63, 3.8) is 0 Å². The molecule has 17 heavy (non-hydrogen) atoms. The Balaban J connectivity index is 1.89. The van der Waals surface area contributed by atoms with Crippen LogP contribution in [-0.4, -0.2) is 46.7 Å². The van der Waals surface area contributed by atoms with E-state index in [4.69, 9.17) is 0 Å². The number of piperidine rings is 1. The van der Waals surface area contributed by atoms with Crippen LogP contribution in [0.5, 0.6) is 0 Å². The average Bonchev–Trinajstić information content (AvgIpc) is 2.36. The zero-order chi connectivity index (χ0) is 12.3. The highest BCUT2D eigenvalue weighted by Gasteiger charge is 2.37. The van der Waals surface area contributed by atoms with Crippen molar-refractivity contribution in [2.75, 3.05) is 13.2 Å². The van der Waals surface area contributed by atoms with E-state index >= 15 is 0 Å². The highest BCUT2D eigenvalue weighted by molar-refractivity contribution is 4.92. The van der Waals surface area contributed by atoms with Gasteiger partial charge in [-0.3, -0.25) is 0 Å². The standard InChI is InChI=1S/C13H25NO3/c15-8-10-11(14-7-12(16)13(10)17)6-9-4-2-1-3-5-9/h9-17H,1-8H2/t10-,11+,12+,13-/m0/s1. The van der Waals surface area contributed by atoms with Crippen LogP contribution in [-0.2, 0) is 0 Å². The van der Waals surface area contributed by atoms with Gasteiger partial charge in [-0.05, 0) is 12.3 Å². The van der Waals surface area contributed by atoms with Gasteiger partial charge in [0.2, 0.25) is 0 Å². The molecule has 4 nitrogen and oxygen atoms in total. The van der Waals surface area contributed by atoms with Crippen LogP contribution in [0.4, 0.5) is 0 Å². The number of rotatable bonds is 3. The van der Waals surface area contributed by atoms with Crippen LogP contribution < -0.4 is 5.32 Å². The molecule has 2 fully saturated rings. The average molecular weight is 243 g/mol. The Morgan fingerprint density at radius 1 is 1.06 bits per heavy atom. The summed E-state index contributed by atoms with van der Waals surface area (Å²) in [6.07, 6.45) is 6.02. The van der Waals surface area contributed by atoms with Gasteiger partial charge in [-0.15, -0.1) is 0 Å². The predicted octanol–water partition coefficient (Wildman–Crippen LogP) is 0.259. The summed E-state index contributed by atoms with van der Waals surface area (Å²) in [5, 5.41) is 32.1. The number of aliphatic hydroxyl groups is 3. The van der Waals surface area contributed by atoms with Crippen molar-refractivity contribution in [2.45, 2.75) is 56.8 Å². The first-order valence-electron chi connectivity index (χ1n) is 6.92. The summed E-state index contributed by atoms with van der Waals surface area (Å²) in [7, 11) is 0. The zero-order valence-electron chi connectivity index (χ0n) is 10.4. The molecule has 4 N–H and O–H groups in total. The van der Waals surface area contributed by atoms with Gasteiger partial charge >= 0.3 is 0 Å². The van der Waals surface area contributed by atoms with Crippen molar-refractivity contribution < 1.29 is 15.3 Å². The van der Waals surface area contributed by atoms with Crippen LogP contribution in [0.25, 0.3) is 0 Å². The first kappa shape index (κ1) is 13.3. The normalized spacial score (nSPS) is 40.4. The Morgan fingerprint density at radius 2 is 1.76 bits per heavy atom. The lowest BCUT2D eigenvalue weighted by Crippen LogP contribution is -2.58. The second-order valence-corrected chi connectivity index (χ2v) is 5.66. The van der Waals surface area contributed by atoms with Gasteiger partial charge < -0.3 is 20.6 Å². The first-order valence-corrected chi connectivity index (χ1v) is 6.92. The molecule has 0 radical (unpaired) electrons. The molecule has 0 aromatic heterocycles. The zero-order valence-corrected chi connectivity index (χ0v) is 10.4. The minimum Gasteiger partial charge on any atom is -0.396 e. The molecule has 0 aromatic carbocycles. The van der Waals surface area contributed by atoms with Gasteiger partial charge in [0.05, 0.1) is 12.2 Å². The van der Waals surface area contributed by atoms with Crippen LogP contribution in [0.3, 0.4) is 0 Å². The third-order valence-corrected chi connectivity index (χ3v) is 4.46. The molecule has 1 aliphatic heterocycles. The molecular weight excluding hydrogens is 218 g/mol. The molecule has 0 amide bonds. The molecule has 1 saturated heterocycles. The lowest BCUT2D eigenvalue weighted by Gasteiger charge is -2.40. The maximum Gasteiger partial charge on any atom is 0.0927 e. The third-order valence-electron chi connectivity index (χ3n) is 4.46. The summed E-state index contributed by atoms with van der Waals surface area (Å²) in [5.41, 5.74) is 0. The second kappa shape index (κ2) is 6.14. The summed E-state index contributed by atoms with van der Waals surface area (Å²) in [6.45, 7) is 0.387. The number of hydrogen-bond acceptors (Lipinski definition) is 4. The maximum absolute atomic E-state index is 9.89. The van der Waals surface area contributed by atoms with Crippen molar-refractivity contribution >= 4 is 0 Å². The molecule has 1 saturated carbocycles. The third kappa shape index (κ3) is 3.19. The molecule has 1 aliphatic carbocycles. The Morgan fingerprint density at radius 3 is 2.41 bits per heavy atom. The molecule has 4 heteroatoms. The Kier molecular flexibility index (Phi) is 4.79. The SMILES string of the molecule is OC[C@@H]1[C@H](O)[C@H](O)CN[C@@H]1CC1CCCCC1. The van der Waals surface area contributed by atoms with E-state index in [0.717, 1.165) is 12.3 Å². The van der Waals surface area contributed by atoms with Crippen molar-refractivity contribution in [3.8, 4) is 0 Å². The number of β-amino-alcohol motifs (C(OH)–C–C–N with tert-alkyl or cyclic N) is 1. The lowest BCUT2D eigenvalue weighted by molar-refractivity contribution is -0.0702. The van der Waals surface area contributed by atoms with E-state index in [2.05, 4.69) is 5.32 Å². The monoisotopic (exact) mass is 243 g/mol. The van der Waals surface area contributed by atoms with E-state index in [1.54, 1.807) is 0 Å². The highest BCUT2D eigenvalue weighted by Crippen LogP contribution is 2.31. The fourth-order valence-electron chi connectivity index (χ4n) is 3.34. The van der Waals surface area contributed by atoms with E-state index < -0.39 is 12.2 Å². The Bertz CT molecular complexity index is 231. The Hall–Kier alpha value is -0.160. The largest absolute Gasteiger partial charge is 0.396 e. The molecule has 4 atom stereocenters. The van der Waals surface area contributed by atoms with Crippen molar-refractivity contribution in [2.24, 2.45) is 11.8 Å². The molecule has 0 bridgehead atoms. The number of nitrogens with one attached hydrogen (secondary N) is 1. The molecular formula is C13H25NO3. The van der Waals surface area contributed by atoms with E-state index in [1.807, 2.05) is 0 Å². The van der Waals surface area contributed by atoms with Gasteiger partial charge in [0.15, 0.2) is 0 Å². The van der Waals surface area contributed by atoms with E-state index in [1.165, 1.54) is 32.1 Å². The van der Waals surface area contributed by atoms with Crippen molar-refractivity contribution in [1.29, 1.82) is 0 Å². The molecule has 0 aromatic rings. The van der Waals surface area contributed by atoms with Gasteiger partial charge in [0, 0.05) is 25.1 Å². The summed E-state index contributed by atoms with van der Waals surface area (Å²) >= 11 is 0. The van der Waals surface area contributed by atoms with Crippen LogP contribution in [0.15, 0.2) is 0 Å². The van der Waals surface area contributed by atoms with Crippen LogP contribution >= 0.6 is 0 Å². The predicted molar refractivity (Wildman–Crippen MR) is 65.6 cm³/mol. The summed E-state index contributed by atoms with van der Waals surface area (Å²) in [6, 6.07) is 0.154. The van der Waals surface area contributed by atoms with Crippen LogP contribution in [0.1, 0.15) is 38.5 Å². The smallest absolute Gasteiger partial charge is 0.0927 e. The van der Waals surface area contributed by atoms with Crippen molar-refractivity contribution in [3.05, 3.63) is 0 Å². The quantitative estimate of drug-likeness (QED) is 0.574. The molecule has 0 unspecified atom stereocenters. The van der Waals surface area contributed by atoms with Gasteiger partial charge in [0.25, 0.3) is 0 Å². The maximum atomic E-state index is 9.89. The topological polar surface area (TPSA) is 72.7 Å². The van der Waals surface area contributed by atoms with E-state index in [9.17, 15) is 15.3 Å². The fourth-order valence-corrected chi connectivity index (χ4v) is 3.34. The fraction of sp³-hybridized carbons (Fsp3) is 1.00. The van der Waals surface area contributed by atoms with Crippen LogP contribution in [0.2, 0.25) is 0 Å². The van der Waals surface area contributed by atoms with Gasteiger partial charge in [-0.1, -0.05) is 32.1 Å². The number of aliphatic hydroxyl groups excluding tert-OH is 3. The molecule has 2 aliphatic rings. The summed E-state index contributed by atoms with van der Waals surface area (Å²) in [4.78, 5) is 0. The lowest BCUT2D eigenvalue weighted by atomic mass is 9.78. The van der Waals surface area contributed by atoms with Gasteiger partial charge in [-0.25, -0.2) is 0 Å². The minimum absolute atomic E-state index is 0.0530. The second-order valence-electron chi connectivity index (χ2n) is 5.66. The molecule has 0 spiro atoms. The van der Waals surface area contributed by atoms with Crippen molar-refractivity contribution in [1.82, 2.24) is 5.32 Å². The van der Waals surface area contributed by atoms with Gasteiger partial charge in [-0.2, -0.15) is 0 Å². The number of hydrogen-bond donors (Lipinski definition) is 4. The summed E-state index contributed by atoms with van der Waals surface area (Å²) < 4.78 is 0. The molecule has 100 valence electrons. The summed E-state index contributed by atoms with van der Waals surface area (Å²) in [5.74, 6) is 0.499. The Labute approximate surface area is 103 Å².